The van der Waals surface area contributed by atoms with Crippen LogP contribution < -0.4 is 10.0 Å². The molecule has 0 amide bonds. The van der Waals surface area contributed by atoms with Gasteiger partial charge in [0.15, 0.2) is 0 Å². The maximum atomic E-state index is 12.8. The number of benzene rings is 1. The van der Waals surface area contributed by atoms with E-state index in [2.05, 4.69) is 10.0 Å². The van der Waals surface area contributed by atoms with Crippen LogP contribution in [0.5, 0.6) is 0 Å². The second kappa shape index (κ2) is 7.38. The Kier molecular flexibility index (Phi) is 6.46. The highest BCUT2D eigenvalue weighted by molar-refractivity contribution is 7.97. The van der Waals surface area contributed by atoms with E-state index in [-0.39, 0.29) is 23.3 Å². The summed E-state index contributed by atoms with van der Waals surface area (Å²) in [6.45, 7) is 1.83. The fraction of sp³-hybridized carbons (Fsp3) is 0.500. The maximum absolute atomic E-state index is 12.8. The fourth-order valence-corrected chi connectivity index (χ4v) is 2.85. The molecule has 2 N–H and O–H groups in total. The van der Waals surface area contributed by atoms with Gasteiger partial charge in [-0.3, -0.25) is 4.72 Å². The van der Waals surface area contributed by atoms with E-state index >= 15 is 0 Å². The molecule has 1 saturated heterocycles. The highest BCUT2D eigenvalue weighted by Gasteiger charge is 2.33. The smallest absolute Gasteiger partial charge is 0.317 e. The molecule has 0 aromatic heterocycles. The minimum absolute atomic E-state index is 0. The molecule has 0 spiro atoms. The standard InChI is InChI=1S/C12H15F3N2S.ClH/c13-12(14,15)10-3-1-2-4-11(10)18-17-9-5-7-16-8-6-9;/h1-4,9,16-17H,5-8H2;1H. The Morgan fingerprint density at radius 3 is 2.42 bits per heavy atom. The van der Waals surface area contributed by atoms with Gasteiger partial charge in [0.25, 0.3) is 0 Å². The van der Waals surface area contributed by atoms with Gasteiger partial charge in [-0.05, 0) is 50.0 Å². The van der Waals surface area contributed by atoms with Crippen molar-refractivity contribution in [3.05, 3.63) is 29.8 Å². The summed E-state index contributed by atoms with van der Waals surface area (Å²) in [5.74, 6) is 0. The van der Waals surface area contributed by atoms with Gasteiger partial charge >= 0.3 is 6.18 Å². The molecule has 108 valence electrons. The summed E-state index contributed by atoms with van der Waals surface area (Å²) in [5.41, 5.74) is -0.573. The number of nitrogens with one attached hydrogen (secondary N) is 2. The van der Waals surface area contributed by atoms with Crippen molar-refractivity contribution in [1.29, 1.82) is 0 Å². The van der Waals surface area contributed by atoms with Gasteiger partial charge in [-0.2, -0.15) is 13.2 Å². The van der Waals surface area contributed by atoms with Crippen LogP contribution in [0.15, 0.2) is 29.2 Å². The Morgan fingerprint density at radius 1 is 1.16 bits per heavy atom. The van der Waals surface area contributed by atoms with Crippen LogP contribution in [0.3, 0.4) is 0 Å². The van der Waals surface area contributed by atoms with E-state index in [9.17, 15) is 13.2 Å². The number of piperidine rings is 1. The van der Waals surface area contributed by atoms with Gasteiger partial charge in [-0.15, -0.1) is 12.4 Å². The third-order valence-corrected chi connectivity index (χ3v) is 3.89. The Labute approximate surface area is 121 Å². The molecule has 0 bridgehead atoms. The number of alkyl halides is 3. The predicted octanol–water partition coefficient (Wildman–Crippen LogP) is 3.48. The summed E-state index contributed by atoms with van der Waals surface area (Å²) in [7, 11) is 0. The molecule has 0 aliphatic carbocycles. The molecule has 0 saturated carbocycles. The van der Waals surface area contributed by atoms with Crippen molar-refractivity contribution in [1.82, 2.24) is 10.0 Å². The molecule has 0 unspecified atom stereocenters. The molecule has 2 nitrogen and oxygen atoms in total. The first-order valence-corrected chi connectivity index (χ1v) is 6.68. The zero-order valence-corrected chi connectivity index (χ0v) is 11.8. The zero-order chi connectivity index (χ0) is 13.0. The lowest BCUT2D eigenvalue weighted by atomic mass is 10.1. The van der Waals surface area contributed by atoms with Crippen LogP contribution in [0.25, 0.3) is 0 Å². The quantitative estimate of drug-likeness (QED) is 0.836. The third-order valence-electron chi connectivity index (χ3n) is 2.87. The van der Waals surface area contributed by atoms with Gasteiger partial charge in [-0.1, -0.05) is 12.1 Å². The number of halogens is 4. The van der Waals surface area contributed by atoms with Gasteiger partial charge in [0.05, 0.1) is 5.56 Å². The van der Waals surface area contributed by atoms with Crippen LogP contribution in [0.4, 0.5) is 13.2 Å². The van der Waals surface area contributed by atoms with Crippen LogP contribution in [0, 0.1) is 0 Å². The SMILES string of the molecule is Cl.FC(F)(F)c1ccccc1SNC1CCNCC1. The number of hydrogen-bond acceptors (Lipinski definition) is 3. The lowest BCUT2D eigenvalue weighted by Crippen LogP contribution is -2.37. The van der Waals surface area contributed by atoms with Crippen molar-refractivity contribution in [2.45, 2.75) is 30.0 Å². The summed E-state index contributed by atoms with van der Waals surface area (Å²) in [5, 5.41) is 3.22. The normalized spacial score (nSPS) is 17.0. The van der Waals surface area contributed by atoms with Crippen molar-refractivity contribution < 1.29 is 13.2 Å². The van der Waals surface area contributed by atoms with Gasteiger partial charge in [0.1, 0.15) is 0 Å². The molecule has 1 heterocycles. The lowest BCUT2D eigenvalue weighted by Gasteiger charge is -2.23. The Bertz CT molecular complexity index is 395. The lowest BCUT2D eigenvalue weighted by molar-refractivity contribution is -0.139. The predicted molar refractivity (Wildman–Crippen MR) is 73.6 cm³/mol. The molecule has 19 heavy (non-hydrogen) atoms. The maximum Gasteiger partial charge on any atom is 0.417 e. The average molecular weight is 313 g/mol. The molecule has 7 heteroatoms. The van der Waals surface area contributed by atoms with Crippen LogP contribution in [0.2, 0.25) is 0 Å². The third kappa shape index (κ3) is 4.87. The van der Waals surface area contributed by atoms with Crippen LogP contribution in [-0.2, 0) is 6.18 Å². The van der Waals surface area contributed by atoms with Crippen LogP contribution in [-0.4, -0.2) is 19.1 Å². The van der Waals surface area contributed by atoms with E-state index in [1.54, 1.807) is 6.07 Å². The number of hydrogen-bond donors (Lipinski definition) is 2. The minimum Gasteiger partial charge on any atom is -0.317 e. The molecule has 0 atom stereocenters. The van der Waals surface area contributed by atoms with E-state index in [1.165, 1.54) is 12.1 Å². The molecular weight excluding hydrogens is 297 g/mol. The largest absolute Gasteiger partial charge is 0.417 e. The topological polar surface area (TPSA) is 24.1 Å². The van der Waals surface area contributed by atoms with E-state index in [0.717, 1.165) is 43.9 Å². The molecule has 1 aromatic rings. The summed E-state index contributed by atoms with van der Waals surface area (Å²) in [6.07, 6.45) is -2.40. The number of rotatable bonds is 3. The van der Waals surface area contributed by atoms with Crippen molar-refractivity contribution in [2.24, 2.45) is 0 Å². The Morgan fingerprint density at radius 2 is 1.79 bits per heavy atom. The molecule has 1 fully saturated rings. The first kappa shape index (κ1) is 16.6. The van der Waals surface area contributed by atoms with Crippen molar-refractivity contribution in [2.75, 3.05) is 13.1 Å². The summed E-state index contributed by atoms with van der Waals surface area (Å²) in [6, 6.07) is 5.94. The van der Waals surface area contributed by atoms with Gasteiger partial charge in [0.2, 0.25) is 0 Å². The van der Waals surface area contributed by atoms with E-state index < -0.39 is 11.7 Å². The molecule has 1 aliphatic rings. The second-order valence-electron chi connectivity index (χ2n) is 4.24. The van der Waals surface area contributed by atoms with Crippen molar-refractivity contribution in [3.63, 3.8) is 0 Å². The van der Waals surface area contributed by atoms with Crippen LogP contribution >= 0.6 is 24.4 Å². The van der Waals surface area contributed by atoms with E-state index in [1.807, 2.05) is 0 Å². The van der Waals surface area contributed by atoms with Crippen molar-refractivity contribution >= 4 is 24.4 Å². The van der Waals surface area contributed by atoms with E-state index in [0.29, 0.717) is 0 Å². The van der Waals surface area contributed by atoms with E-state index in [4.69, 9.17) is 0 Å². The molecule has 0 radical (unpaired) electrons. The van der Waals surface area contributed by atoms with Gasteiger partial charge in [0, 0.05) is 10.9 Å². The molecular formula is C12H16ClF3N2S. The first-order valence-electron chi connectivity index (χ1n) is 5.86. The summed E-state index contributed by atoms with van der Waals surface area (Å²) >= 11 is 1.08. The minimum atomic E-state index is -4.29. The average Bonchev–Trinajstić information content (AvgIpc) is 2.37. The van der Waals surface area contributed by atoms with Crippen molar-refractivity contribution in [3.8, 4) is 0 Å². The fourth-order valence-electron chi connectivity index (χ4n) is 1.88. The molecule has 1 aliphatic heterocycles. The van der Waals surface area contributed by atoms with Gasteiger partial charge in [-0.25, -0.2) is 0 Å². The van der Waals surface area contributed by atoms with Crippen LogP contribution in [0.1, 0.15) is 18.4 Å². The second-order valence-corrected chi connectivity index (χ2v) is 5.12. The molecule has 1 aromatic carbocycles. The van der Waals surface area contributed by atoms with Gasteiger partial charge < -0.3 is 5.32 Å². The highest BCUT2D eigenvalue weighted by atomic mass is 35.5. The summed E-state index contributed by atoms with van der Waals surface area (Å²) < 4.78 is 41.4. The first-order chi connectivity index (χ1) is 8.57. The highest BCUT2D eigenvalue weighted by Crippen LogP contribution is 2.35. The summed E-state index contributed by atoms with van der Waals surface area (Å²) in [4.78, 5) is 0.239. The Balaban J connectivity index is 0.00000180. The zero-order valence-electron chi connectivity index (χ0n) is 10.2. The Hall–Kier alpha value is -0.430. The molecule has 2 rings (SSSR count). The monoisotopic (exact) mass is 312 g/mol.